The molecule has 2 nitrogen and oxygen atoms in total. The molecule has 0 aliphatic rings. The number of aryl methyl sites for hydroxylation is 1. The highest BCUT2D eigenvalue weighted by atomic mass is 19.1. The first-order valence-electron chi connectivity index (χ1n) is 5.24. The van der Waals surface area contributed by atoms with Gasteiger partial charge in [-0.25, -0.2) is 4.39 Å². The molecule has 0 aromatic heterocycles. The van der Waals surface area contributed by atoms with Gasteiger partial charge in [0.1, 0.15) is 5.82 Å². The van der Waals surface area contributed by atoms with Crippen LogP contribution in [0.3, 0.4) is 0 Å². The molecule has 0 bridgehead atoms. The Hall–Kier alpha value is -0.930. The zero-order valence-corrected chi connectivity index (χ0v) is 9.29. The fourth-order valence-corrected chi connectivity index (χ4v) is 1.57. The molecule has 1 rings (SSSR count). The first kappa shape index (κ1) is 12.1. The highest BCUT2D eigenvalue weighted by molar-refractivity contribution is 5.29. The molecule has 15 heavy (non-hydrogen) atoms. The van der Waals surface area contributed by atoms with Gasteiger partial charge in [0.25, 0.3) is 0 Å². The van der Waals surface area contributed by atoms with Crippen LogP contribution in [0, 0.1) is 12.7 Å². The lowest BCUT2D eigenvalue weighted by molar-refractivity contribution is 0.140. The van der Waals surface area contributed by atoms with Crippen LogP contribution in [0.1, 0.15) is 30.5 Å². The Morgan fingerprint density at radius 3 is 2.80 bits per heavy atom. The van der Waals surface area contributed by atoms with E-state index in [4.69, 9.17) is 10.5 Å². The van der Waals surface area contributed by atoms with Gasteiger partial charge >= 0.3 is 0 Å². The van der Waals surface area contributed by atoms with Crippen LogP contribution in [0.4, 0.5) is 4.39 Å². The Bertz CT molecular complexity index is 314. The maximum atomic E-state index is 12.9. The minimum atomic E-state index is -0.215. The molecule has 0 aliphatic carbocycles. The predicted molar refractivity (Wildman–Crippen MR) is 59.2 cm³/mol. The third kappa shape index (κ3) is 3.61. The second-order valence-corrected chi connectivity index (χ2v) is 3.59. The molecule has 84 valence electrons. The highest BCUT2D eigenvalue weighted by Gasteiger charge is 2.09. The summed E-state index contributed by atoms with van der Waals surface area (Å²) >= 11 is 0. The van der Waals surface area contributed by atoms with Crippen molar-refractivity contribution >= 4 is 0 Å². The average Bonchev–Trinajstić information content (AvgIpc) is 2.17. The Morgan fingerprint density at radius 1 is 1.47 bits per heavy atom. The van der Waals surface area contributed by atoms with E-state index in [2.05, 4.69) is 0 Å². The molecule has 1 unspecified atom stereocenters. The molecule has 3 heteroatoms. The fourth-order valence-electron chi connectivity index (χ4n) is 1.57. The van der Waals surface area contributed by atoms with Crippen molar-refractivity contribution in [3.63, 3.8) is 0 Å². The van der Waals surface area contributed by atoms with Crippen molar-refractivity contribution < 1.29 is 9.13 Å². The molecule has 2 N–H and O–H groups in total. The smallest absolute Gasteiger partial charge is 0.123 e. The number of rotatable bonds is 5. The van der Waals surface area contributed by atoms with E-state index < -0.39 is 0 Å². The van der Waals surface area contributed by atoms with Crippen LogP contribution in [-0.4, -0.2) is 13.2 Å². The number of benzene rings is 1. The average molecular weight is 211 g/mol. The van der Waals surface area contributed by atoms with Crippen LogP contribution in [0.25, 0.3) is 0 Å². The van der Waals surface area contributed by atoms with Crippen molar-refractivity contribution in [3.8, 4) is 0 Å². The molecule has 0 heterocycles. The largest absolute Gasteiger partial charge is 0.382 e. The molecule has 0 fully saturated rings. The number of hydrogen-bond donors (Lipinski definition) is 1. The first-order valence-corrected chi connectivity index (χ1v) is 5.24. The van der Waals surface area contributed by atoms with E-state index in [1.165, 1.54) is 12.1 Å². The summed E-state index contributed by atoms with van der Waals surface area (Å²) in [5, 5.41) is 0. The summed E-state index contributed by atoms with van der Waals surface area (Å²) in [5.41, 5.74) is 7.88. The lowest BCUT2D eigenvalue weighted by atomic mass is 10.00. The molecule has 0 saturated carbocycles. The second kappa shape index (κ2) is 5.83. The van der Waals surface area contributed by atoms with Crippen molar-refractivity contribution in [1.82, 2.24) is 0 Å². The summed E-state index contributed by atoms with van der Waals surface area (Å²) in [7, 11) is 0. The van der Waals surface area contributed by atoms with E-state index >= 15 is 0 Å². The zero-order chi connectivity index (χ0) is 11.3. The van der Waals surface area contributed by atoms with Crippen molar-refractivity contribution in [2.24, 2.45) is 5.73 Å². The second-order valence-electron chi connectivity index (χ2n) is 3.59. The van der Waals surface area contributed by atoms with Crippen LogP contribution in [0.5, 0.6) is 0 Å². The van der Waals surface area contributed by atoms with Crippen LogP contribution >= 0.6 is 0 Å². The van der Waals surface area contributed by atoms with Gasteiger partial charge in [0.05, 0.1) is 0 Å². The van der Waals surface area contributed by atoms with Gasteiger partial charge < -0.3 is 10.5 Å². The lowest BCUT2D eigenvalue weighted by Crippen LogP contribution is -2.14. The number of halogens is 1. The quantitative estimate of drug-likeness (QED) is 0.760. The summed E-state index contributed by atoms with van der Waals surface area (Å²) < 4.78 is 18.1. The molecule has 0 saturated heterocycles. The summed E-state index contributed by atoms with van der Waals surface area (Å²) in [6.07, 6.45) is 0.764. The standard InChI is InChI=1S/C12H18FNO/c1-3-15-7-6-12(14)11-5-4-10(13)8-9(11)2/h4-5,8,12H,3,6-7,14H2,1-2H3. The Morgan fingerprint density at radius 2 is 2.20 bits per heavy atom. The van der Waals surface area contributed by atoms with Gasteiger partial charge in [-0.05, 0) is 43.5 Å². The number of ether oxygens (including phenoxy) is 1. The van der Waals surface area contributed by atoms with Crippen molar-refractivity contribution in [1.29, 1.82) is 0 Å². The van der Waals surface area contributed by atoms with Gasteiger partial charge in [-0.1, -0.05) is 6.07 Å². The molecule has 0 aliphatic heterocycles. The summed E-state index contributed by atoms with van der Waals surface area (Å²) in [6.45, 7) is 5.18. The Labute approximate surface area is 90.2 Å². The van der Waals surface area contributed by atoms with E-state index in [0.717, 1.165) is 17.5 Å². The molecule has 1 atom stereocenters. The molecular formula is C12H18FNO. The highest BCUT2D eigenvalue weighted by Crippen LogP contribution is 2.19. The monoisotopic (exact) mass is 211 g/mol. The van der Waals surface area contributed by atoms with Gasteiger partial charge in [-0.2, -0.15) is 0 Å². The number of nitrogens with two attached hydrogens (primary N) is 1. The molecule has 0 spiro atoms. The topological polar surface area (TPSA) is 35.2 Å². The Kier molecular flexibility index (Phi) is 4.72. The predicted octanol–water partition coefficient (Wildman–Crippen LogP) is 2.56. The van der Waals surface area contributed by atoms with Crippen LogP contribution in [-0.2, 0) is 4.74 Å². The summed E-state index contributed by atoms with van der Waals surface area (Å²) in [4.78, 5) is 0. The summed E-state index contributed by atoms with van der Waals surface area (Å²) in [5.74, 6) is -0.215. The lowest BCUT2D eigenvalue weighted by Gasteiger charge is -2.14. The molecule has 0 radical (unpaired) electrons. The normalized spacial score (nSPS) is 12.8. The van der Waals surface area contributed by atoms with Crippen LogP contribution in [0.2, 0.25) is 0 Å². The number of hydrogen-bond acceptors (Lipinski definition) is 2. The van der Waals surface area contributed by atoms with E-state index in [9.17, 15) is 4.39 Å². The minimum absolute atomic E-state index is 0.0721. The van der Waals surface area contributed by atoms with Gasteiger partial charge in [-0.15, -0.1) is 0 Å². The van der Waals surface area contributed by atoms with Crippen molar-refractivity contribution in [2.45, 2.75) is 26.3 Å². The Balaban J connectivity index is 2.61. The van der Waals surface area contributed by atoms with Gasteiger partial charge in [0, 0.05) is 19.3 Å². The molecular weight excluding hydrogens is 193 g/mol. The third-order valence-corrected chi connectivity index (χ3v) is 2.41. The van der Waals surface area contributed by atoms with Crippen molar-refractivity contribution in [2.75, 3.05) is 13.2 Å². The maximum absolute atomic E-state index is 12.9. The van der Waals surface area contributed by atoms with E-state index in [1.54, 1.807) is 6.07 Å². The molecule has 1 aromatic carbocycles. The minimum Gasteiger partial charge on any atom is -0.382 e. The SMILES string of the molecule is CCOCCC(N)c1ccc(F)cc1C. The van der Waals surface area contributed by atoms with Crippen LogP contribution in [0.15, 0.2) is 18.2 Å². The fraction of sp³-hybridized carbons (Fsp3) is 0.500. The van der Waals surface area contributed by atoms with E-state index in [1.807, 2.05) is 13.8 Å². The van der Waals surface area contributed by atoms with Crippen LogP contribution < -0.4 is 5.73 Å². The third-order valence-electron chi connectivity index (χ3n) is 2.41. The first-order chi connectivity index (χ1) is 7.15. The zero-order valence-electron chi connectivity index (χ0n) is 9.29. The van der Waals surface area contributed by atoms with Gasteiger partial charge in [0.15, 0.2) is 0 Å². The van der Waals surface area contributed by atoms with Crippen molar-refractivity contribution in [3.05, 3.63) is 35.1 Å². The molecule has 0 amide bonds. The van der Waals surface area contributed by atoms with Gasteiger partial charge in [0.2, 0.25) is 0 Å². The maximum Gasteiger partial charge on any atom is 0.123 e. The van der Waals surface area contributed by atoms with E-state index in [-0.39, 0.29) is 11.9 Å². The van der Waals surface area contributed by atoms with Gasteiger partial charge in [-0.3, -0.25) is 0 Å². The molecule has 1 aromatic rings. The summed E-state index contributed by atoms with van der Waals surface area (Å²) in [6, 6.07) is 4.64. The van der Waals surface area contributed by atoms with E-state index in [0.29, 0.717) is 13.2 Å².